The highest BCUT2D eigenvalue weighted by Gasteiger charge is 2.28. The van der Waals surface area contributed by atoms with Crippen LogP contribution < -0.4 is 33.3 Å². The SMILES string of the molecule is COc1cc(OC)c2c(=O)c(OS(=O)(=O)c3ccc(C#N)cc3)c(-c3cc(OC)c(OC)c(OC)c3)oc2c1. The van der Waals surface area contributed by atoms with Gasteiger partial charge in [-0.1, -0.05) is 0 Å². The molecule has 0 aliphatic rings. The van der Waals surface area contributed by atoms with Gasteiger partial charge in [-0.2, -0.15) is 13.7 Å². The van der Waals surface area contributed by atoms with Crippen molar-refractivity contribution in [2.75, 3.05) is 35.5 Å². The Balaban J connectivity index is 2.06. The van der Waals surface area contributed by atoms with Crippen LogP contribution in [-0.4, -0.2) is 44.0 Å². The lowest BCUT2D eigenvalue weighted by Gasteiger charge is -2.16. The highest BCUT2D eigenvalue weighted by atomic mass is 32.2. The largest absolute Gasteiger partial charge is 0.496 e. The zero-order chi connectivity index (χ0) is 28.3. The number of nitriles is 1. The lowest BCUT2D eigenvalue weighted by molar-refractivity contribution is 0.324. The Labute approximate surface area is 223 Å². The van der Waals surface area contributed by atoms with Gasteiger partial charge in [-0.3, -0.25) is 4.79 Å². The number of nitrogens with zero attached hydrogens (tertiary/aromatic N) is 1. The topological polar surface area (TPSA) is 144 Å². The van der Waals surface area contributed by atoms with Crippen molar-refractivity contribution in [2.45, 2.75) is 4.90 Å². The van der Waals surface area contributed by atoms with Gasteiger partial charge in [0.25, 0.3) is 0 Å². The van der Waals surface area contributed by atoms with Gasteiger partial charge in [-0.05, 0) is 36.4 Å². The molecule has 0 unspecified atom stereocenters. The number of rotatable bonds is 9. The van der Waals surface area contributed by atoms with Crippen molar-refractivity contribution in [2.24, 2.45) is 0 Å². The fraction of sp³-hybridized carbons (Fsp3) is 0.185. The Bertz CT molecular complexity index is 1730. The van der Waals surface area contributed by atoms with E-state index >= 15 is 0 Å². The van der Waals surface area contributed by atoms with Crippen LogP contribution >= 0.6 is 0 Å². The zero-order valence-electron chi connectivity index (χ0n) is 21.6. The van der Waals surface area contributed by atoms with Crippen LogP contribution in [0.25, 0.3) is 22.3 Å². The van der Waals surface area contributed by atoms with Crippen LogP contribution in [-0.2, 0) is 10.1 Å². The predicted octanol–water partition coefficient (Wildman–Crippen LogP) is 4.14. The Morgan fingerprint density at radius 3 is 1.90 bits per heavy atom. The van der Waals surface area contributed by atoms with Crippen molar-refractivity contribution in [3.8, 4) is 51.9 Å². The van der Waals surface area contributed by atoms with E-state index in [2.05, 4.69) is 0 Å². The van der Waals surface area contributed by atoms with E-state index in [9.17, 15) is 13.2 Å². The molecule has 0 saturated heterocycles. The van der Waals surface area contributed by atoms with Gasteiger partial charge in [-0.15, -0.1) is 0 Å². The number of fused-ring (bicyclic) bond motifs is 1. The average molecular weight is 554 g/mol. The Morgan fingerprint density at radius 2 is 1.38 bits per heavy atom. The molecule has 0 atom stereocenters. The molecular formula is C27H23NO10S. The zero-order valence-corrected chi connectivity index (χ0v) is 22.4. The summed E-state index contributed by atoms with van der Waals surface area (Å²) in [4.78, 5) is 13.6. The van der Waals surface area contributed by atoms with Crippen LogP contribution in [0.3, 0.4) is 0 Å². The van der Waals surface area contributed by atoms with Crippen LogP contribution in [0.4, 0.5) is 0 Å². The fourth-order valence-corrected chi connectivity index (χ4v) is 4.79. The maximum Gasteiger partial charge on any atom is 0.339 e. The van der Waals surface area contributed by atoms with Gasteiger partial charge in [0.2, 0.25) is 16.9 Å². The molecule has 0 fully saturated rings. The van der Waals surface area contributed by atoms with E-state index in [0.717, 1.165) is 0 Å². The molecule has 0 spiro atoms. The number of hydrogen-bond donors (Lipinski definition) is 0. The maximum atomic E-state index is 13.8. The van der Waals surface area contributed by atoms with Crippen molar-refractivity contribution in [1.29, 1.82) is 5.26 Å². The Hall–Kier alpha value is -4.89. The number of hydrogen-bond acceptors (Lipinski definition) is 11. The summed E-state index contributed by atoms with van der Waals surface area (Å²) in [5, 5.41) is 8.97. The predicted molar refractivity (Wildman–Crippen MR) is 140 cm³/mol. The lowest BCUT2D eigenvalue weighted by atomic mass is 10.1. The monoisotopic (exact) mass is 553 g/mol. The smallest absolute Gasteiger partial charge is 0.339 e. The van der Waals surface area contributed by atoms with Gasteiger partial charge in [0, 0.05) is 17.7 Å². The summed E-state index contributed by atoms with van der Waals surface area (Å²) in [5.74, 6) is 0.247. The highest BCUT2D eigenvalue weighted by Crippen LogP contribution is 2.44. The molecule has 4 aromatic rings. The summed E-state index contributed by atoms with van der Waals surface area (Å²) in [6.07, 6.45) is 0. The van der Waals surface area contributed by atoms with E-state index < -0.39 is 21.3 Å². The van der Waals surface area contributed by atoms with E-state index in [4.69, 9.17) is 37.5 Å². The van der Waals surface area contributed by atoms with Crippen molar-refractivity contribution < 1.29 is 40.7 Å². The lowest BCUT2D eigenvalue weighted by Crippen LogP contribution is -2.17. The molecule has 39 heavy (non-hydrogen) atoms. The van der Waals surface area contributed by atoms with Crippen LogP contribution in [0.2, 0.25) is 0 Å². The number of methoxy groups -OCH3 is 5. The summed E-state index contributed by atoms with van der Waals surface area (Å²) in [6, 6.07) is 12.8. The molecule has 0 amide bonds. The van der Waals surface area contributed by atoms with Gasteiger partial charge in [0.1, 0.15) is 27.4 Å². The quantitative estimate of drug-likeness (QED) is 0.276. The second-order valence-corrected chi connectivity index (χ2v) is 9.43. The van der Waals surface area contributed by atoms with Crippen molar-refractivity contribution in [3.05, 3.63) is 64.3 Å². The van der Waals surface area contributed by atoms with Gasteiger partial charge in [0.15, 0.2) is 17.3 Å². The van der Waals surface area contributed by atoms with Crippen LogP contribution in [0.15, 0.2) is 62.6 Å². The van der Waals surface area contributed by atoms with Crippen LogP contribution in [0, 0.1) is 11.3 Å². The van der Waals surface area contributed by atoms with Gasteiger partial charge in [-0.25, -0.2) is 0 Å². The van der Waals surface area contributed by atoms with E-state index in [0.29, 0.717) is 5.75 Å². The van der Waals surface area contributed by atoms with E-state index in [1.165, 1.54) is 84.1 Å². The minimum absolute atomic E-state index is 0.0445. The molecule has 0 aliphatic carbocycles. The second-order valence-electron chi connectivity index (χ2n) is 7.88. The first-order valence-electron chi connectivity index (χ1n) is 11.2. The molecule has 4 rings (SSSR count). The molecule has 0 aliphatic heterocycles. The molecular weight excluding hydrogens is 530 g/mol. The molecule has 0 radical (unpaired) electrons. The number of ether oxygens (including phenoxy) is 5. The van der Waals surface area contributed by atoms with E-state index in [-0.39, 0.29) is 55.7 Å². The first-order valence-corrected chi connectivity index (χ1v) is 12.6. The molecule has 12 heteroatoms. The highest BCUT2D eigenvalue weighted by molar-refractivity contribution is 7.87. The maximum absolute atomic E-state index is 13.8. The minimum atomic E-state index is -4.56. The molecule has 3 aromatic carbocycles. The minimum Gasteiger partial charge on any atom is -0.496 e. The summed E-state index contributed by atoms with van der Waals surface area (Å²) in [6.45, 7) is 0. The van der Waals surface area contributed by atoms with Crippen molar-refractivity contribution in [3.63, 3.8) is 0 Å². The normalized spacial score (nSPS) is 11.0. The number of benzene rings is 3. The molecule has 0 N–H and O–H groups in total. The van der Waals surface area contributed by atoms with Crippen LogP contribution in [0.5, 0.6) is 34.5 Å². The van der Waals surface area contributed by atoms with Gasteiger partial charge < -0.3 is 32.3 Å². The second kappa shape index (κ2) is 10.8. The first kappa shape index (κ1) is 27.2. The fourth-order valence-electron chi connectivity index (χ4n) is 3.85. The van der Waals surface area contributed by atoms with Crippen molar-refractivity contribution >= 4 is 21.1 Å². The third kappa shape index (κ3) is 4.99. The summed E-state index contributed by atoms with van der Waals surface area (Å²) < 4.78 is 64.9. The summed E-state index contributed by atoms with van der Waals surface area (Å²) in [7, 11) is 2.44. The molecule has 11 nitrogen and oxygen atoms in total. The molecule has 0 saturated carbocycles. The summed E-state index contributed by atoms with van der Waals surface area (Å²) in [5.41, 5.74) is -0.342. The van der Waals surface area contributed by atoms with Gasteiger partial charge in [0.05, 0.1) is 47.2 Å². The van der Waals surface area contributed by atoms with E-state index in [1.54, 1.807) is 0 Å². The molecule has 1 aromatic heterocycles. The van der Waals surface area contributed by atoms with Gasteiger partial charge >= 0.3 is 10.1 Å². The molecule has 202 valence electrons. The average Bonchev–Trinajstić information content (AvgIpc) is 2.96. The Morgan fingerprint density at radius 1 is 0.769 bits per heavy atom. The van der Waals surface area contributed by atoms with E-state index in [1.807, 2.05) is 6.07 Å². The molecule has 1 heterocycles. The standard InChI is InChI=1S/C27H23NO10S/c1-32-17-12-19(33-2)23-20(13-17)37-25(16-10-21(34-3)26(36-5)22(11-16)35-4)27(24(23)29)38-39(30,31)18-8-6-15(14-28)7-9-18/h6-13H,1-5H3. The Kier molecular flexibility index (Phi) is 7.55. The molecule has 0 bridgehead atoms. The summed E-state index contributed by atoms with van der Waals surface area (Å²) >= 11 is 0. The third-order valence-corrected chi connectivity index (χ3v) is 6.97. The first-order chi connectivity index (χ1) is 18.7. The third-order valence-electron chi connectivity index (χ3n) is 5.74. The van der Waals surface area contributed by atoms with Crippen molar-refractivity contribution in [1.82, 2.24) is 0 Å². The van der Waals surface area contributed by atoms with Crippen LogP contribution in [0.1, 0.15) is 5.56 Å².